The highest BCUT2D eigenvalue weighted by atomic mass is 28.4. The van der Waals surface area contributed by atoms with Gasteiger partial charge >= 0.3 is 0 Å². The van der Waals surface area contributed by atoms with Gasteiger partial charge in [0.15, 0.2) is 8.32 Å². The Hall–Kier alpha value is -0.123. The minimum atomic E-state index is -1.57. The van der Waals surface area contributed by atoms with Crippen molar-refractivity contribution in [2.24, 2.45) is 0 Å². The van der Waals surface area contributed by atoms with Crippen molar-refractivity contribution in [2.45, 2.75) is 58.7 Å². The van der Waals surface area contributed by atoms with Gasteiger partial charge in [-0.2, -0.15) is 0 Å². The van der Waals surface area contributed by atoms with E-state index in [1.807, 2.05) is 0 Å². The zero-order valence-electron chi connectivity index (χ0n) is 11.8. The van der Waals surface area contributed by atoms with Gasteiger partial charge in [0, 0.05) is 13.2 Å². The summed E-state index contributed by atoms with van der Waals surface area (Å²) < 4.78 is 6.05. The third kappa shape index (κ3) is 5.82. The van der Waals surface area contributed by atoms with Gasteiger partial charge in [0.2, 0.25) is 0 Å². The van der Waals surface area contributed by atoms with Crippen LogP contribution in [0.1, 0.15) is 40.5 Å². The summed E-state index contributed by atoms with van der Waals surface area (Å²) in [6, 6.07) is 0. The molecule has 2 nitrogen and oxygen atoms in total. The lowest BCUT2D eigenvalue weighted by atomic mass is 10.2. The highest BCUT2D eigenvalue weighted by Crippen LogP contribution is 2.36. The molecule has 0 unspecified atom stereocenters. The number of rotatable bonds is 6. The molecule has 96 valence electrons. The first-order chi connectivity index (χ1) is 7.20. The summed E-state index contributed by atoms with van der Waals surface area (Å²) in [5.74, 6) is 0. The molecule has 0 saturated carbocycles. The third-order valence-electron chi connectivity index (χ3n) is 3.39. The number of aliphatic hydroxyl groups excluding tert-OH is 1. The van der Waals surface area contributed by atoms with Gasteiger partial charge < -0.3 is 9.53 Å². The molecule has 0 aromatic heterocycles. The molecule has 0 saturated heterocycles. The molecule has 16 heavy (non-hydrogen) atoms. The van der Waals surface area contributed by atoms with E-state index in [0.29, 0.717) is 0 Å². The van der Waals surface area contributed by atoms with E-state index in [1.165, 1.54) is 5.57 Å². The fraction of sp³-hybridized carbons (Fsp3) is 0.846. The first-order valence-corrected chi connectivity index (χ1v) is 9.02. The molecular weight excluding hydrogens is 216 g/mol. The van der Waals surface area contributed by atoms with Crippen molar-refractivity contribution in [2.75, 3.05) is 13.2 Å². The van der Waals surface area contributed by atoms with Gasteiger partial charge in [-0.1, -0.05) is 32.4 Å². The second kappa shape index (κ2) is 6.57. The van der Waals surface area contributed by atoms with Crippen molar-refractivity contribution in [3.8, 4) is 0 Å². The second-order valence-electron chi connectivity index (χ2n) is 5.92. The SMILES string of the molecule is CC(=CCCO[Si](C)(C)C(C)(C)C)CCO. The summed E-state index contributed by atoms with van der Waals surface area (Å²) in [4.78, 5) is 0. The lowest BCUT2D eigenvalue weighted by Crippen LogP contribution is -2.40. The summed E-state index contributed by atoms with van der Waals surface area (Å²) in [5, 5.41) is 9.05. The molecule has 0 aromatic carbocycles. The first-order valence-electron chi connectivity index (χ1n) is 6.11. The van der Waals surface area contributed by atoms with Crippen molar-refractivity contribution in [3.05, 3.63) is 11.6 Å². The van der Waals surface area contributed by atoms with E-state index in [-0.39, 0.29) is 11.6 Å². The Morgan fingerprint density at radius 1 is 1.31 bits per heavy atom. The van der Waals surface area contributed by atoms with Crippen molar-refractivity contribution >= 4 is 8.32 Å². The fourth-order valence-electron chi connectivity index (χ4n) is 1.11. The summed E-state index contributed by atoms with van der Waals surface area (Å²) >= 11 is 0. The summed E-state index contributed by atoms with van der Waals surface area (Å²) in [6.45, 7) is 14.4. The molecule has 0 heterocycles. The van der Waals surface area contributed by atoms with Gasteiger partial charge in [0.05, 0.1) is 0 Å². The van der Waals surface area contributed by atoms with Crippen LogP contribution in [0.2, 0.25) is 18.1 Å². The van der Waals surface area contributed by atoms with Crippen LogP contribution < -0.4 is 0 Å². The molecule has 0 radical (unpaired) electrons. The van der Waals surface area contributed by atoms with Crippen LogP contribution in [-0.2, 0) is 4.43 Å². The Balaban J connectivity index is 3.95. The topological polar surface area (TPSA) is 29.5 Å². The highest BCUT2D eigenvalue weighted by Gasteiger charge is 2.36. The van der Waals surface area contributed by atoms with Gasteiger partial charge in [-0.05, 0) is 37.9 Å². The van der Waals surface area contributed by atoms with Crippen LogP contribution in [0, 0.1) is 0 Å². The summed E-state index contributed by atoms with van der Waals surface area (Å²) in [7, 11) is -1.57. The Bertz CT molecular complexity index is 227. The lowest BCUT2D eigenvalue weighted by molar-refractivity contribution is 0.291. The minimum absolute atomic E-state index is 0.241. The predicted octanol–water partition coefficient (Wildman–Crippen LogP) is 3.73. The molecule has 0 bridgehead atoms. The standard InChI is InChI=1S/C13H28O2Si/c1-12(9-10-14)8-7-11-15-16(5,6)13(2,3)4/h8,14H,7,9-11H2,1-6H3. The molecule has 3 heteroatoms. The fourth-order valence-corrected chi connectivity index (χ4v) is 2.18. The molecule has 0 fully saturated rings. The number of hydrogen-bond donors (Lipinski definition) is 1. The van der Waals surface area contributed by atoms with Crippen molar-refractivity contribution in [3.63, 3.8) is 0 Å². The largest absolute Gasteiger partial charge is 0.417 e. The number of hydrogen-bond acceptors (Lipinski definition) is 2. The van der Waals surface area contributed by atoms with Gasteiger partial charge in [0.25, 0.3) is 0 Å². The van der Waals surface area contributed by atoms with E-state index in [0.717, 1.165) is 19.4 Å². The molecule has 0 aliphatic carbocycles. The lowest BCUT2D eigenvalue weighted by Gasteiger charge is -2.36. The van der Waals surface area contributed by atoms with Crippen LogP contribution >= 0.6 is 0 Å². The van der Waals surface area contributed by atoms with E-state index in [2.05, 4.69) is 46.9 Å². The van der Waals surface area contributed by atoms with Crippen molar-refractivity contribution in [1.82, 2.24) is 0 Å². The van der Waals surface area contributed by atoms with E-state index in [4.69, 9.17) is 9.53 Å². The van der Waals surface area contributed by atoms with E-state index < -0.39 is 8.32 Å². The second-order valence-corrected chi connectivity index (χ2v) is 10.7. The van der Waals surface area contributed by atoms with E-state index in [9.17, 15) is 0 Å². The average Bonchev–Trinajstić information content (AvgIpc) is 2.11. The zero-order valence-corrected chi connectivity index (χ0v) is 12.8. The van der Waals surface area contributed by atoms with Crippen LogP contribution in [-0.4, -0.2) is 26.6 Å². The number of aliphatic hydroxyl groups is 1. The summed E-state index contributed by atoms with van der Waals surface area (Å²) in [6.07, 6.45) is 3.90. The molecule has 0 amide bonds. The molecule has 0 rings (SSSR count). The van der Waals surface area contributed by atoms with Crippen molar-refractivity contribution in [1.29, 1.82) is 0 Å². The van der Waals surface area contributed by atoms with Crippen LogP contribution in [0.3, 0.4) is 0 Å². The zero-order chi connectivity index (χ0) is 12.8. The van der Waals surface area contributed by atoms with Crippen LogP contribution in [0.5, 0.6) is 0 Å². The molecule has 1 N–H and O–H groups in total. The average molecular weight is 244 g/mol. The van der Waals surface area contributed by atoms with Crippen LogP contribution in [0.4, 0.5) is 0 Å². The molecule has 0 aromatic rings. The normalized spacial score (nSPS) is 14.3. The Labute approximate surface area is 102 Å². The molecule has 0 aliphatic heterocycles. The third-order valence-corrected chi connectivity index (χ3v) is 7.92. The highest BCUT2D eigenvalue weighted by molar-refractivity contribution is 6.74. The molecule has 0 spiro atoms. The van der Waals surface area contributed by atoms with Gasteiger partial charge in [0.1, 0.15) is 0 Å². The smallest absolute Gasteiger partial charge is 0.191 e. The van der Waals surface area contributed by atoms with Gasteiger partial charge in [-0.25, -0.2) is 0 Å². The molecule has 0 atom stereocenters. The Kier molecular flexibility index (Phi) is 6.52. The predicted molar refractivity (Wildman–Crippen MR) is 73.2 cm³/mol. The van der Waals surface area contributed by atoms with Gasteiger partial charge in [-0.15, -0.1) is 0 Å². The monoisotopic (exact) mass is 244 g/mol. The molecule has 0 aliphatic rings. The quantitative estimate of drug-likeness (QED) is 0.438. The van der Waals surface area contributed by atoms with Crippen LogP contribution in [0.25, 0.3) is 0 Å². The maximum atomic E-state index is 8.76. The van der Waals surface area contributed by atoms with E-state index in [1.54, 1.807) is 0 Å². The van der Waals surface area contributed by atoms with Gasteiger partial charge in [-0.3, -0.25) is 0 Å². The van der Waals surface area contributed by atoms with E-state index >= 15 is 0 Å². The Morgan fingerprint density at radius 3 is 2.31 bits per heavy atom. The first kappa shape index (κ1) is 15.9. The van der Waals surface area contributed by atoms with Crippen LogP contribution in [0.15, 0.2) is 11.6 Å². The molecular formula is C13H28O2Si. The minimum Gasteiger partial charge on any atom is -0.417 e. The summed E-state index contributed by atoms with van der Waals surface area (Å²) in [5.41, 5.74) is 1.25. The maximum absolute atomic E-state index is 8.76. The van der Waals surface area contributed by atoms with Crippen molar-refractivity contribution < 1.29 is 9.53 Å². The Morgan fingerprint density at radius 2 is 1.88 bits per heavy atom. The maximum Gasteiger partial charge on any atom is 0.191 e.